The van der Waals surface area contributed by atoms with Crippen LogP contribution >= 0.6 is 11.6 Å². The monoisotopic (exact) mass is 300 g/mol. The first-order valence-electron chi connectivity index (χ1n) is 5.83. The molecule has 102 valence electrons. The second kappa shape index (κ2) is 5.47. The van der Waals surface area contributed by atoms with Crippen molar-refractivity contribution in [2.45, 2.75) is 23.8 Å². The molecule has 1 aromatic rings. The molecule has 1 N–H and O–H groups in total. The smallest absolute Gasteiger partial charge is 0.244 e. The Kier molecular flexibility index (Phi) is 4.11. The van der Waals surface area contributed by atoms with Crippen LogP contribution in [0.2, 0.25) is 5.02 Å². The van der Waals surface area contributed by atoms with Crippen molar-refractivity contribution in [2.75, 3.05) is 13.2 Å². The quantitative estimate of drug-likeness (QED) is 0.890. The van der Waals surface area contributed by atoms with Crippen molar-refractivity contribution in [3.63, 3.8) is 0 Å². The predicted octanol–water partition coefficient (Wildman–Crippen LogP) is 1.36. The van der Waals surface area contributed by atoms with Crippen LogP contribution in [0.5, 0.6) is 0 Å². The maximum Gasteiger partial charge on any atom is 0.244 e. The molecule has 0 saturated heterocycles. The summed E-state index contributed by atoms with van der Waals surface area (Å²) in [7, 11) is -3.72. The van der Waals surface area contributed by atoms with Gasteiger partial charge in [-0.3, -0.25) is 0 Å². The Bertz CT molecular complexity index is 620. The van der Waals surface area contributed by atoms with Gasteiger partial charge in [-0.1, -0.05) is 11.6 Å². The van der Waals surface area contributed by atoms with E-state index >= 15 is 0 Å². The lowest BCUT2D eigenvalue weighted by atomic mass is 10.2. The SMILES string of the molecule is N#Cc1ccc(S(=O)(=O)N(CCO)C2CC2)c(Cl)c1. The number of halogens is 1. The predicted molar refractivity (Wildman–Crippen MR) is 70.2 cm³/mol. The summed E-state index contributed by atoms with van der Waals surface area (Å²) in [6.45, 7) is -0.174. The van der Waals surface area contributed by atoms with Gasteiger partial charge in [0.15, 0.2) is 0 Å². The number of rotatable bonds is 5. The summed E-state index contributed by atoms with van der Waals surface area (Å²) in [6.07, 6.45) is 1.60. The Morgan fingerprint density at radius 1 is 1.47 bits per heavy atom. The molecular formula is C12H13ClN2O3S. The van der Waals surface area contributed by atoms with Crippen molar-refractivity contribution < 1.29 is 13.5 Å². The van der Waals surface area contributed by atoms with E-state index in [2.05, 4.69) is 0 Å². The van der Waals surface area contributed by atoms with Gasteiger partial charge in [-0.05, 0) is 31.0 Å². The van der Waals surface area contributed by atoms with Crippen LogP contribution in [0.15, 0.2) is 23.1 Å². The Labute approximate surface area is 117 Å². The Morgan fingerprint density at radius 2 is 2.16 bits per heavy atom. The fourth-order valence-electron chi connectivity index (χ4n) is 1.87. The molecule has 0 spiro atoms. The van der Waals surface area contributed by atoms with Crippen LogP contribution in [0.1, 0.15) is 18.4 Å². The molecule has 1 saturated carbocycles. The van der Waals surface area contributed by atoms with Crippen molar-refractivity contribution >= 4 is 21.6 Å². The minimum Gasteiger partial charge on any atom is -0.395 e. The van der Waals surface area contributed by atoms with Crippen LogP contribution in [-0.4, -0.2) is 37.0 Å². The maximum atomic E-state index is 12.5. The summed E-state index contributed by atoms with van der Waals surface area (Å²) < 4.78 is 26.2. The van der Waals surface area contributed by atoms with Crippen LogP contribution in [0.4, 0.5) is 0 Å². The standard InChI is InChI=1S/C12H13ClN2O3S/c13-11-7-9(8-14)1-4-12(11)19(17,18)15(5-6-16)10-2-3-10/h1,4,7,10,16H,2-3,5-6H2. The van der Waals surface area contributed by atoms with Gasteiger partial charge < -0.3 is 5.11 Å². The zero-order chi connectivity index (χ0) is 14.0. The molecule has 1 aliphatic rings. The van der Waals surface area contributed by atoms with Crippen molar-refractivity contribution in [1.29, 1.82) is 5.26 Å². The molecule has 1 aromatic carbocycles. The van der Waals surface area contributed by atoms with E-state index in [1.165, 1.54) is 22.5 Å². The number of hydrogen-bond donors (Lipinski definition) is 1. The first-order valence-corrected chi connectivity index (χ1v) is 7.65. The number of nitriles is 1. The molecule has 0 aliphatic heterocycles. The lowest BCUT2D eigenvalue weighted by Crippen LogP contribution is -2.35. The summed E-state index contributed by atoms with van der Waals surface area (Å²) in [5, 5.41) is 17.8. The van der Waals surface area contributed by atoms with Crippen molar-refractivity contribution in [2.24, 2.45) is 0 Å². The number of hydrogen-bond acceptors (Lipinski definition) is 4. The van der Waals surface area contributed by atoms with Crippen LogP contribution < -0.4 is 0 Å². The fourth-order valence-corrected chi connectivity index (χ4v) is 4.06. The van der Waals surface area contributed by atoms with Crippen molar-refractivity contribution in [1.82, 2.24) is 4.31 Å². The van der Waals surface area contributed by atoms with E-state index in [1.807, 2.05) is 6.07 Å². The Morgan fingerprint density at radius 3 is 2.63 bits per heavy atom. The third-order valence-corrected chi connectivity index (χ3v) is 5.36. The lowest BCUT2D eigenvalue weighted by Gasteiger charge is -2.21. The van der Waals surface area contributed by atoms with Gasteiger partial charge in [0.25, 0.3) is 0 Å². The van der Waals surface area contributed by atoms with Crippen LogP contribution in [0.25, 0.3) is 0 Å². The molecule has 7 heteroatoms. The summed E-state index contributed by atoms with van der Waals surface area (Å²) in [4.78, 5) is -0.0199. The summed E-state index contributed by atoms with van der Waals surface area (Å²) >= 11 is 5.94. The van der Waals surface area contributed by atoms with E-state index in [0.29, 0.717) is 5.56 Å². The third-order valence-electron chi connectivity index (χ3n) is 2.92. The number of aliphatic hydroxyl groups excluding tert-OH is 1. The molecule has 0 bridgehead atoms. The maximum absolute atomic E-state index is 12.5. The van der Waals surface area contributed by atoms with Gasteiger partial charge >= 0.3 is 0 Å². The first kappa shape index (κ1) is 14.3. The highest BCUT2D eigenvalue weighted by Crippen LogP contribution is 2.34. The molecule has 1 fully saturated rings. The second-order valence-corrected chi connectivity index (χ2v) is 6.59. The third kappa shape index (κ3) is 2.90. The molecule has 1 aliphatic carbocycles. The van der Waals surface area contributed by atoms with Crippen molar-refractivity contribution in [3.8, 4) is 6.07 Å². The van der Waals surface area contributed by atoms with Gasteiger partial charge in [0.1, 0.15) is 4.90 Å². The summed E-state index contributed by atoms with van der Waals surface area (Å²) in [6, 6.07) is 5.94. The van der Waals surface area contributed by atoms with Crippen LogP contribution in [-0.2, 0) is 10.0 Å². The van der Waals surface area contributed by atoms with Gasteiger partial charge in [0.2, 0.25) is 10.0 Å². The molecule has 0 radical (unpaired) electrons. The molecule has 2 rings (SSSR count). The molecule has 0 amide bonds. The first-order chi connectivity index (χ1) is 9.00. The number of nitrogens with zero attached hydrogens (tertiary/aromatic N) is 2. The van der Waals surface area contributed by atoms with E-state index in [-0.39, 0.29) is 29.1 Å². The highest BCUT2D eigenvalue weighted by Gasteiger charge is 2.38. The van der Waals surface area contributed by atoms with Crippen LogP contribution in [0, 0.1) is 11.3 Å². The van der Waals surface area contributed by atoms with Gasteiger partial charge in [0, 0.05) is 12.6 Å². The van der Waals surface area contributed by atoms with Gasteiger partial charge in [-0.15, -0.1) is 0 Å². The minimum absolute atomic E-state index is 0.0199. The lowest BCUT2D eigenvalue weighted by molar-refractivity contribution is 0.250. The van der Waals surface area contributed by atoms with E-state index in [9.17, 15) is 8.42 Å². The molecule has 5 nitrogen and oxygen atoms in total. The van der Waals surface area contributed by atoms with Gasteiger partial charge in [-0.2, -0.15) is 9.57 Å². The Hall–Kier alpha value is -1.13. The highest BCUT2D eigenvalue weighted by molar-refractivity contribution is 7.89. The van der Waals surface area contributed by atoms with Crippen LogP contribution in [0.3, 0.4) is 0 Å². The molecule has 0 heterocycles. The zero-order valence-corrected chi connectivity index (χ0v) is 11.7. The van der Waals surface area contributed by atoms with Gasteiger partial charge in [0.05, 0.1) is 23.3 Å². The van der Waals surface area contributed by atoms with E-state index in [0.717, 1.165) is 12.8 Å². The summed E-state index contributed by atoms with van der Waals surface area (Å²) in [5.41, 5.74) is 0.309. The van der Waals surface area contributed by atoms with E-state index < -0.39 is 10.0 Å². The topological polar surface area (TPSA) is 81.4 Å². The second-order valence-electron chi connectivity index (χ2n) is 4.33. The average Bonchev–Trinajstić information content (AvgIpc) is 3.19. The van der Waals surface area contributed by atoms with Gasteiger partial charge in [-0.25, -0.2) is 8.42 Å². The molecule has 0 unspecified atom stereocenters. The Balaban J connectivity index is 2.41. The molecular weight excluding hydrogens is 288 g/mol. The largest absolute Gasteiger partial charge is 0.395 e. The highest BCUT2D eigenvalue weighted by atomic mass is 35.5. The minimum atomic E-state index is -3.72. The number of aliphatic hydroxyl groups is 1. The molecule has 0 atom stereocenters. The fraction of sp³-hybridized carbons (Fsp3) is 0.417. The zero-order valence-electron chi connectivity index (χ0n) is 10.1. The number of benzene rings is 1. The molecule has 19 heavy (non-hydrogen) atoms. The average molecular weight is 301 g/mol. The number of sulfonamides is 1. The van der Waals surface area contributed by atoms with Crippen molar-refractivity contribution in [3.05, 3.63) is 28.8 Å². The van der Waals surface area contributed by atoms with E-state index in [1.54, 1.807) is 0 Å². The van der Waals surface area contributed by atoms with E-state index in [4.69, 9.17) is 22.0 Å². The summed E-state index contributed by atoms with van der Waals surface area (Å²) in [5.74, 6) is 0. The molecule has 0 aromatic heterocycles. The normalized spacial score (nSPS) is 15.5.